The quantitative estimate of drug-likeness (QED) is 0.862. The SMILES string of the molecule is CCC(C)(CCO)NS(=O)(=O)c1cccc2ccccc12. The zero-order chi connectivity index (χ0) is 15.5. The number of aliphatic hydroxyl groups excluding tert-OH is 1. The second-order valence-electron chi connectivity index (χ2n) is 5.47. The molecule has 21 heavy (non-hydrogen) atoms. The van der Waals surface area contributed by atoms with Gasteiger partial charge in [-0.15, -0.1) is 0 Å². The van der Waals surface area contributed by atoms with Gasteiger partial charge >= 0.3 is 0 Å². The van der Waals surface area contributed by atoms with Crippen molar-refractivity contribution in [2.45, 2.75) is 37.1 Å². The first-order valence-corrected chi connectivity index (χ1v) is 8.53. The molecule has 5 heteroatoms. The summed E-state index contributed by atoms with van der Waals surface area (Å²) in [7, 11) is -3.64. The number of sulfonamides is 1. The van der Waals surface area contributed by atoms with E-state index in [1.165, 1.54) is 0 Å². The van der Waals surface area contributed by atoms with Gasteiger partial charge in [-0.1, -0.05) is 43.3 Å². The Labute approximate surface area is 125 Å². The summed E-state index contributed by atoms with van der Waals surface area (Å²) in [5, 5.41) is 10.7. The summed E-state index contributed by atoms with van der Waals surface area (Å²) < 4.78 is 28.1. The minimum atomic E-state index is -3.64. The van der Waals surface area contributed by atoms with Gasteiger partial charge < -0.3 is 5.11 Å². The number of aliphatic hydroxyl groups is 1. The van der Waals surface area contributed by atoms with Crippen LogP contribution in [0.2, 0.25) is 0 Å². The maximum Gasteiger partial charge on any atom is 0.241 e. The lowest BCUT2D eigenvalue weighted by atomic mass is 9.97. The number of fused-ring (bicyclic) bond motifs is 1. The molecule has 1 unspecified atom stereocenters. The molecule has 0 amide bonds. The van der Waals surface area contributed by atoms with Crippen molar-refractivity contribution < 1.29 is 13.5 Å². The molecule has 0 aromatic heterocycles. The summed E-state index contributed by atoms with van der Waals surface area (Å²) in [5.74, 6) is 0. The summed E-state index contributed by atoms with van der Waals surface area (Å²) in [4.78, 5) is 0.276. The summed E-state index contributed by atoms with van der Waals surface area (Å²) in [6.45, 7) is 3.66. The van der Waals surface area contributed by atoms with Crippen molar-refractivity contribution in [1.82, 2.24) is 4.72 Å². The molecule has 0 saturated carbocycles. The van der Waals surface area contributed by atoms with Crippen LogP contribution in [0.1, 0.15) is 26.7 Å². The average molecular weight is 307 g/mol. The average Bonchev–Trinajstić information content (AvgIpc) is 2.46. The Balaban J connectivity index is 2.47. The van der Waals surface area contributed by atoms with Gasteiger partial charge in [0.05, 0.1) is 4.90 Å². The van der Waals surface area contributed by atoms with Crippen molar-refractivity contribution in [3.8, 4) is 0 Å². The number of rotatable bonds is 6. The largest absolute Gasteiger partial charge is 0.396 e. The predicted molar refractivity (Wildman–Crippen MR) is 84.7 cm³/mol. The lowest BCUT2D eigenvalue weighted by Crippen LogP contribution is -2.46. The van der Waals surface area contributed by atoms with E-state index < -0.39 is 15.6 Å². The van der Waals surface area contributed by atoms with Crippen LogP contribution in [0.4, 0.5) is 0 Å². The summed E-state index contributed by atoms with van der Waals surface area (Å²) in [6, 6.07) is 12.6. The van der Waals surface area contributed by atoms with Gasteiger partial charge in [0, 0.05) is 17.5 Å². The highest BCUT2D eigenvalue weighted by Gasteiger charge is 2.29. The van der Waals surface area contributed by atoms with E-state index in [0.717, 1.165) is 5.39 Å². The number of nitrogens with one attached hydrogen (secondary N) is 1. The third-order valence-electron chi connectivity index (χ3n) is 3.86. The van der Waals surface area contributed by atoms with Crippen molar-refractivity contribution in [1.29, 1.82) is 0 Å². The van der Waals surface area contributed by atoms with Crippen molar-refractivity contribution in [3.63, 3.8) is 0 Å². The van der Waals surface area contributed by atoms with E-state index in [9.17, 15) is 8.42 Å². The molecule has 2 N–H and O–H groups in total. The van der Waals surface area contributed by atoms with Crippen molar-refractivity contribution in [2.75, 3.05) is 6.61 Å². The van der Waals surface area contributed by atoms with Crippen molar-refractivity contribution in [3.05, 3.63) is 42.5 Å². The molecule has 0 bridgehead atoms. The van der Waals surface area contributed by atoms with Crippen LogP contribution in [0, 0.1) is 0 Å². The molecular formula is C16H21NO3S. The molecule has 0 fully saturated rings. The third kappa shape index (κ3) is 3.43. The fourth-order valence-corrected chi connectivity index (χ4v) is 4.09. The Morgan fingerprint density at radius 2 is 1.81 bits per heavy atom. The van der Waals surface area contributed by atoms with Crippen LogP contribution in [-0.4, -0.2) is 25.7 Å². The zero-order valence-corrected chi connectivity index (χ0v) is 13.2. The van der Waals surface area contributed by atoms with Crippen LogP contribution >= 0.6 is 0 Å². The molecule has 1 atom stereocenters. The third-order valence-corrected chi connectivity index (χ3v) is 5.56. The monoisotopic (exact) mass is 307 g/mol. The number of benzene rings is 2. The maximum atomic E-state index is 12.7. The van der Waals surface area contributed by atoms with E-state index in [0.29, 0.717) is 18.2 Å². The topological polar surface area (TPSA) is 66.4 Å². The van der Waals surface area contributed by atoms with Gasteiger partial charge in [0.2, 0.25) is 10.0 Å². The Hall–Kier alpha value is -1.43. The summed E-state index contributed by atoms with van der Waals surface area (Å²) in [5.41, 5.74) is -0.648. The van der Waals surface area contributed by atoms with Crippen molar-refractivity contribution >= 4 is 20.8 Å². The molecule has 2 aromatic rings. The molecule has 4 nitrogen and oxygen atoms in total. The van der Waals surface area contributed by atoms with Gasteiger partial charge in [-0.25, -0.2) is 13.1 Å². The molecule has 2 aromatic carbocycles. The normalized spacial score (nSPS) is 15.0. The van der Waals surface area contributed by atoms with Crippen LogP contribution < -0.4 is 4.72 Å². The fourth-order valence-electron chi connectivity index (χ4n) is 2.36. The van der Waals surface area contributed by atoms with Gasteiger partial charge in [0.15, 0.2) is 0 Å². The molecule has 114 valence electrons. The first-order valence-electron chi connectivity index (χ1n) is 7.04. The van der Waals surface area contributed by atoms with Gasteiger partial charge in [-0.05, 0) is 31.2 Å². The fraction of sp³-hybridized carbons (Fsp3) is 0.375. The Morgan fingerprint density at radius 1 is 1.14 bits per heavy atom. The molecule has 0 aliphatic rings. The van der Waals surface area contributed by atoms with Gasteiger partial charge in [0.25, 0.3) is 0 Å². The predicted octanol–water partition coefficient (Wildman–Crippen LogP) is 2.67. The molecule has 2 rings (SSSR count). The van der Waals surface area contributed by atoms with Gasteiger partial charge in [0.1, 0.15) is 0 Å². The molecule has 0 aliphatic heterocycles. The second kappa shape index (κ2) is 6.13. The first kappa shape index (κ1) is 15.9. The van der Waals surface area contributed by atoms with E-state index in [1.54, 1.807) is 18.2 Å². The number of hydrogen-bond acceptors (Lipinski definition) is 3. The number of hydrogen-bond donors (Lipinski definition) is 2. The van der Waals surface area contributed by atoms with Gasteiger partial charge in [-0.3, -0.25) is 0 Å². The highest BCUT2D eigenvalue weighted by atomic mass is 32.2. The van der Waals surface area contributed by atoms with Gasteiger partial charge in [-0.2, -0.15) is 0 Å². The molecule has 0 aliphatic carbocycles. The van der Waals surface area contributed by atoms with Crippen LogP contribution in [0.3, 0.4) is 0 Å². The Kier molecular flexibility index (Phi) is 4.66. The van der Waals surface area contributed by atoms with E-state index in [1.807, 2.05) is 38.1 Å². The van der Waals surface area contributed by atoms with Crippen LogP contribution in [0.5, 0.6) is 0 Å². The van der Waals surface area contributed by atoms with E-state index in [2.05, 4.69) is 4.72 Å². The summed E-state index contributed by atoms with van der Waals surface area (Å²) >= 11 is 0. The lowest BCUT2D eigenvalue weighted by Gasteiger charge is -2.28. The lowest BCUT2D eigenvalue weighted by molar-refractivity contribution is 0.233. The Morgan fingerprint density at radius 3 is 2.48 bits per heavy atom. The second-order valence-corrected chi connectivity index (χ2v) is 7.12. The zero-order valence-electron chi connectivity index (χ0n) is 12.3. The summed E-state index contributed by atoms with van der Waals surface area (Å²) in [6.07, 6.45) is 0.991. The van der Waals surface area contributed by atoms with Crippen LogP contribution in [0.25, 0.3) is 10.8 Å². The van der Waals surface area contributed by atoms with Crippen LogP contribution in [-0.2, 0) is 10.0 Å². The molecule has 0 heterocycles. The van der Waals surface area contributed by atoms with E-state index in [4.69, 9.17) is 5.11 Å². The smallest absolute Gasteiger partial charge is 0.241 e. The highest BCUT2D eigenvalue weighted by molar-refractivity contribution is 7.89. The molecule has 0 spiro atoms. The highest BCUT2D eigenvalue weighted by Crippen LogP contribution is 2.25. The van der Waals surface area contributed by atoms with E-state index in [-0.39, 0.29) is 11.5 Å². The first-order chi connectivity index (χ1) is 9.92. The van der Waals surface area contributed by atoms with Crippen LogP contribution in [0.15, 0.2) is 47.4 Å². The molecule has 0 radical (unpaired) electrons. The minimum absolute atomic E-state index is 0.0532. The maximum absolute atomic E-state index is 12.7. The molecule has 0 saturated heterocycles. The van der Waals surface area contributed by atoms with E-state index >= 15 is 0 Å². The Bertz CT molecular complexity index is 722. The molecular weight excluding hydrogens is 286 g/mol. The van der Waals surface area contributed by atoms with Crippen molar-refractivity contribution in [2.24, 2.45) is 0 Å². The minimum Gasteiger partial charge on any atom is -0.396 e. The standard InChI is InChI=1S/C16H21NO3S/c1-3-16(2,11-12-18)17-21(19,20)15-10-6-8-13-7-4-5-9-14(13)15/h4-10,17-18H,3,11-12H2,1-2H3.